The summed E-state index contributed by atoms with van der Waals surface area (Å²) < 4.78 is 23.2. The van der Waals surface area contributed by atoms with E-state index in [4.69, 9.17) is 0 Å². The molecule has 1 N–H and O–H groups in total. The first-order valence-electron chi connectivity index (χ1n) is 7.15. The molecule has 3 nitrogen and oxygen atoms in total. The maximum Gasteiger partial charge on any atom is 0.151 e. The molecule has 0 aliphatic heterocycles. The lowest BCUT2D eigenvalue weighted by atomic mass is 10.1. The summed E-state index contributed by atoms with van der Waals surface area (Å²) in [5, 5.41) is 3.37. The molecule has 20 heavy (non-hydrogen) atoms. The average Bonchev–Trinajstić information content (AvgIpc) is 2.39. The van der Waals surface area contributed by atoms with Crippen LogP contribution >= 0.6 is 11.8 Å². The van der Waals surface area contributed by atoms with Gasteiger partial charge in [-0.05, 0) is 37.6 Å². The minimum atomic E-state index is -2.86. The van der Waals surface area contributed by atoms with Crippen LogP contribution in [0.5, 0.6) is 0 Å². The van der Waals surface area contributed by atoms with E-state index in [-0.39, 0.29) is 5.75 Å². The van der Waals surface area contributed by atoms with Crippen LogP contribution in [0.25, 0.3) is 0 Å². The van der Waals surface area contributed by atoms with E-state index in [0.717, 1.165) is 11.4 Å². The molecule has 0 bridgehead atoms. The van der Waals surface area contributed by atoms with Crippen molar-refractivity contribution in [2.45, 2.75) is 38.1 Å². The summed E-state index contributed by atoms with van der Waals surface area (Å²) in [5.41, 5.74) is 1.26. The molecule has 0 aliphatic carbocycles. The molecule has 0 amide bonds. The molecule has 1 aromatic rings. The predicted molar refractivity (Wildman–Crippen MR) is 88.2 cm³/mol. The van der Waals surface area contributed by atoms with Crippen LogP contribution in [0.2, 0.25) is 0 Å². The van der Waals surface area contributed by atoms with E-state index in [1.54, 1.807) is 11.8 Å². The minimum Gasteiger partial charge on any atom is -0.310 e. The third-order valence-corrected chi connectivity index (χ3v) is 6.20. The highest BCUT2D eigenvalue weighted by Gasteiger charge is 2.09. The van der Waals surface area contributed by atoms with Gasteiger partial charge in [0.25, 0.3) is 0 Å². The van der Waals surface area contributed by atoms with E-state index in [1.807, 2.05) is 6.92 Å². The molecular weight excluding hydrogens is 290 g/mol. The summed E-state index contributed by atoms with van der Waals surface area (Å²) in [5.74, 6) is 1.19. The van der Waals surface area contributed by atoms with Crippen molar-refractivity contribution < 1.29 is 8.42 Å². The van der Waals surface area contributed by atoms with Gasteiger partial charge in [0.1, 0.15) is 0 Å². The number of thioether (sulfide) groups is 1. The van der Waals surface area contributed by atoms with Crippen molar-refractivity contribution in [3.8, 4) is 0 Å². The Morgan fingerprint density at radius 1 is 1.15 bits per heavy atom. The molecular formula is C15H25NO2S2. The second kappa shape index (κ2) is 8.70. The zero-order valence-electron chi connectivity index (χ0n) is 12.6. The van der Waals surface area contributed by atoms with Gasteiger partial charge in [0, 0.05) is 22.4 Å². The van der Waals surface area contributed by atoms with E-state index in [0.29, 0.717) is 24.0 Å². The van der Waals surface area contributed by atoms with E-state index in [9.17, 15) is 8.42 Å². The molecule has 1 aromatic carbocycles. The molecule has 114 valence electrons. The molecule has 0 aromatic heterocycles. The topological polar surface area (TPSA) is 46.2 Å². The molecule has 1 unspecified atom stereocenters. The van der Waals surface area contributed by atoms with Crippen molar-refractivity contribution in [1.82, 2.24) is 5.32 Å². The van der Waals surface area contributed by atoms with Crippen LogP contribution in [-0.4, -0.2) is 32.2 Å². The van der Waals surface area contributed by atoms with Crippen LogP contribution in [0, 0.1) is 0 Å². The SMILES string of the molecule is CCCS(=O)(=O)CCSc1ccc(C(C)NCC)cc1. The smallest absolute Gasteiger partial charge is 0.151 e. The molecule has 0 fully saturated rings. The van der Waals surface area contributed by atoms with Crippen LogP contribution in [0.15, 0.2) is 29.2 Å². The van der Waals surface area contributed by atoms with Gasteiger partial charge in [0.15, 0.2) is 9.84 Å². The molecule has 1 rings (SSSR count). The fraction of sp³-hybridized carbons (Fsp3) is 0.600. The molecule has 0 spiro atoms. The lowest BCUT2D eigenvalue weighted by molar-refractivity contribution is 0.596. The van der Waals surface area contributed by atoms with Crippen molar-refractivity contribution in [2.75, 3.05) is 23.8 Å². The van der Waals surface area contributed by atoms with Gasteiger partial charge in [-0.3, -0.25) is 0 Å². The number of nitrogens with one attached hydrogen (secondary N) is 1. The number of sulfone groups is 1. The Hall–Kier alpha value is -0.520. The summed E-state index contributed by atoms with van der Waals surface area (Å²) in [7, 11) is -2.86. The second-order valence-electron chi connectivity index (χ2n) is 4.85. The Morgan fingerprint density at radius 3 is 2.35 bits per heavy atom. The quantitative estimate of drug-likeness (QED) is 0.710. The summed E-state index contributed by atoms with van der Waals surface area (Å²) >= 11 is 1.61. The number of hydrogen-bond donors (Lipinski definition) is 1. The zero-order chi connectivity index (χ0) is 15.0. The second-order valence-corrected chi connectivity index (χ2v) is 8.32. The molecule has 0 aliphatic rings. The van der Waals surface area contributed by atoms with Crippen LogP contribution < -0.4 is 5.32 Å². The first kappa shape index (κ1) is 17.5. The summed E-state index contributed by atoms with van der Waals surface area (Å²) in [6.07, 6.45) is 0.698. The van der Waals surface area contributed by atoms with E-state index in [1.165, 1.54) is 5.56 Å². The van der Waals surface area contributed by atoms with E-state index in [2.05, 4.69) is 43.4 Å². The van der Waals surface area contributed by atoms with Gasteiger partial charge < -0.3 is 5.32 Å². The molecule has 0 radical (unpaired) electrons. The van der Waals surface area contributed by atoms with Gasteiger partial charge in [-0.1, -0.05) is 26.0 Å². The van der Waals surface area contributed by atoms with Crippen LogP contribution in [-0.2, 0) is 9.84 Å². The van der Waals surface area contributed by atoms with Gasteiger partial charge in [0.05, 0.1) is 5.75 Å². The van der Waals surface area contributed by atoms with E-state index >= 15 is 0 Å². The minimum absolute atomic E-state index is 0.265. The Labute approximate surface area is 127 Å². The molecule has 1 atom stereocenters. The molecule has 0 saturated heterocycles. The monoisotopic (exact) mass is 315 g/mol. The molecule has 5 heteroatoms. The first-order valence-corrected chi connectivity index (χ1v) is 9.95. The summed E-state index contributed by atoms with van der Waals surface area (Å²) in [6.45, 7) is 7.09. The third-order valence-electron chi connectivity index (χ3n) is 3.07. The Kier molecular flexibility index (Phi) is 7.62. The average molecular weight is 316 g/mol. The van der Waals surface area contributed by atoms with Crippen LogP contribution in [0.1, 0.15) is 38.8 Å². The van der Waals surface area contributed by atoms with Crippen molar-refractivity contribution in [3.63, 3.8) is 0 Å². The van der Waals surface area contributed by atoms with Crippen molar-refractivity contribution in [2.24, 2.45) is 0 Å². The van der Waals surface area contributed by atoms with Gasteiger partial charge in [-0.2, -0.15) is 0 Å². The Bertz CT molecular complexity index is 483. The Morgan fingerprint density at radius 2 is 1.80 bits per heavy atom. The van der Waals surface area contributed by atoms with Crippen molar-refractivity contribution in [1.29, 1.82) is 0 Å². The van der Waals surface area contributed by atoms with Gasteiger partial charge in [0.2, 0.25) is 0 Å². The molecule has 0 saturated carbocycles. The van der Waals surface area contributed by atoms with Crippen molar-refractivity contribution >= 4 is 21.6 Å². The van der Waals surface area contributed by atoms with Gasteiger partial charge in [-0.15, -0.1) is 11.8 Å². The maximum atomic E-state index is 11.6. The number of hydrogen-bond acceptors (Lipinski definition) is 4. The summed E-state index contributed by atoms with van der Waals surface area (Å²) in [4.78, 5) is 1.13. The summed E-state index contributed by atoms with van der Waals surface area (Å²) in [6, 6.07) is 8.71. The zero-order valence-corrected chi connectivity index (χ0v) is 14.2. The first-order chi connectivity index (χ1) is 9.48. The van der Waals surface area contributed by atoms with Gasteiger partial charge >= 0.3 is 0 Å². The highest BCUT2D eigenvalue weighted by molar-refractivity contribution is 8.00. The third kappa shape index (κ3) is 6.29. The number of rotatable bonds is 9. The lowest BCUT2D eigenvalue weighted by Crippen LogP contribution is -2.17. The fourth-order valence-electron chi connectivity index (χ4n) is 1.98. The van der Waals surface area contributed by atoms with Crippen LogP contribution in [0.3, 0.4) is 0 Å². The van der Waals surface area contributed by atoms with E-state index < -0.39 is 9.84 Å². The highest BCUT2D eigenvalue weighted by atomic mass is 32.2. The highest BCUT2D eigenvalue weighted by Crippen LogP contribution is 2.21. The largest absolute Gasteiger partial charge is 0.310 e. The normalized spacial score (nSPS) is 13.3. The molecule has 0 heterocycles. The lowest BCUT2D eigenvalue weighted by Gasteiger charge is -2.13. The van der Waals surface area contributed by atoms with Gasteiger partial charge in [-0.25, -0.2) is 8.42 Å². The fourth-order valence-corrected chi connectivity index (χ4v) is 4.72. The standard InChI is InChI=1S/C15H25NO2S2/c1-4-11-20(17,18)12-10-19-15-8-6-14(7-9-15)13(3)16-5-2/h6-9,13,16H,4-5,10-12H2,1-3H3. The number of benzene rings is 1. The predicted octanol–water partition coefficient (Wildman–Crippen LogP) is 3.27. The van der Waals surface area contributed by atoms with Crippen molar-refractivity contribution in [3.05, 3.63) is 29.8 Å². The maximum absolute atomic E-state index is 11.6. The Balaban J connectivity index is 2.46. The van der Waals surface area contributed by atoms with Crippen LogP contribution in [0.4, 0.5) is 0 Å².